The van der Waals surface area contributed by atoms with Crippen molar-refractivity contribution in [3.8, 4) is 5.75 Å². The molecule has 0 spiro atoms. The molecule has 2 heterocycles. The molecule has 4 N–H and O–H groups in total. The molecular formula is C18H21N5O2S. The maximum Gasteiger partial charge on any atom is 0.274 e. The Morgan fingerprint density at radius 1 is 1.42 bits per heavy atom. The molecule has 1 amide bonds. The molecule has 0 aliphatic rings. The Morgan fingerprint density at radius 3 is 2.81 bits per heavy atom. The summed E-state index contributed by atoms with van der Waals surface area (Å²) < 4.78 is 5.03. The van der Waals surface area contributed by atoms with Crippen molar-refractivity contribution < 1.29 is 9.53 Å². The van der Waals surface area contributed by atoms with Crippen LogP contribution in [0.1, 0.15) is 35.4 Å². The lowest BCUT2D eigenvalue weighted by Crippen LogP contribution is -2.14. The molecule has 26 heavy (non-hydrogen) atoms. The lowest BCUT2D eigenvalue weighted by Gasteiger charge is -2.13. The molecular weight excluding hydrogens is 350 g/mol. The van der Waals surface area contributed by atoms with Gasteiger partial charge >= 0.3 is 0 Å². The molecule has 136 valence electrons. The molecule has 0 aromatic carbocycles. The Balaban J connectivity index is 2.04. The van der Waals surface area contributed by atoms with E-state index >= 15 is 0 Å². The van der Waals surface area contributed by atoms with Gasteiger partial charge in [0, 0.05) is 23.5 Å². The van der Waals surface area contributed by atoms with Gasteiger partial charge in [0.1, 0.15) is 11.4 Å². The van der Waals surface area contributed by atoms with Gasteiger partial charge in [0.25, 0.3) is 5.91 Å². The van der Waals surface area contributed by atoms with Crippen LogP contribution in [0.5, 0.6) is 5.75 Å². The van der Waals surface area contributed by atoms with Gasteiger partial charge in [0.15, 0.2) is 5.17 Å². The van der Waals surface area contributed by atoms with Crippen LogP contribution in [0, 0.1) is 5.41 Å². The summed E-state index contributed by atoms with van der Waals surface area (Å²) in [7, 11) is 1.54. The number of nitrogens with two attached hydrogens (primary N) is 1. The van der Waals surface area contributed by atoms with Crippen LogP contribution in [-0.2, 0) is 0 Å². The van der Waals surface area contributed by atoms with Crippen molar-refractivity contribution >= 4 is 28.5 Å². The highest BCUT2D eigenvalue weighted by Gasteiger charge is 2.13. The van der Waals surface area contributed by atoms with Gasteiger partial charge in [0.2, 0.25) is 0 Å². The zero-order valence-electron chi connectivity index (χ0n) is 14.7. The number of hydrogen-bond acceptors (Lipinski definition) is 6. The van der Waals surface area contributed by atoms with Crippen molar-refractivity contribution in [1.82, 2.24) is 9.97 Å². The van der Waals surface area contributed by atoms with E-state index in [1.165, 1.54) is 6.20 Å². The Morgan fingerprint density at radius 2 is 2.19 bits per heavy atom. The number of amides is 1. The van der Waals surface area contributed by atoms with Gasteiger partial charge in [-0.1, -0.05) is 25.3 Å². The number of methoxy groups -OCH3 is 1. The van der Waals surface area contributed by atoms with Gasteiger partial charge in [0.05, 0.1) is 13.3 Å². The highest BCUT2D eigenvalue weighted by atomic mass is 32.2. The number of ether oxygens (including phenoxy) is 1. The second kappa shape index (κ2) is 9.00. The number of allylic oxidation sites excluding steroid dienone is 1. The van der Waals surface area contributed by atoms with E-state index in [1.54, 1.807) is 31.5 Å². The molecule has 0 saturated heterocycles. The molecule has 8 heteroatoms. The largest absolute Gasteiger partial charge is 0.495 e. The third-order valence-corrected chi connectivity index (χ3v) is 4.21. The van der Waals surface area contributed by atoms with Crippen LogP contribution in [-0.4, -0.2) is 28.2 Å². The number of rotatable bonds is 7. The first kappa shape index (κ1) is 19.5. The maximum atomic E-state index is 12.3. The summed E-state index contributed by atoms with van der Waals surface area (Å²) in [6, 6.07) is 6.82. The maximum absolute atomic E-state index is 12.3. The van der Waals surface area contributed by atoms with Crippen LogP contribution in [0.4, 0.5) is 5.69 Å². The van der Waals surface area contributed by atoms with Gasteiger partial charge in [-0.15, -0.1) is 0 Å². The summed E-state index contributed by atoms with van der Waals surface area (Å²) in [5.74, 6) is 0.351. The number of nitrogens with zero attached hydrogens (tertiary/aromatic N) is 2. The summed E-state index contributed by atoms with van der Waals surface area (Å²) in [6.07, 6.45) is 3.77. The Bertz CT molecular complexity index is 807. The Hall–Kier alpha value is -2.87. The fourth-order valence-corrected chi connectivity index (χ4v) is 2.91. The summed E-state index contributed by atoms with van der Waals surface area (Å²) in [5.41, 5.74) is 7.11. The molecule has 0 saturated carbocycles. The predicted molar refractivity (Wildman–Crippen MR) is 105 cm³/mol. The van der Waals surface area contributed by atoms with Gasteiger partial charge in [-0.3, -0.25) is 15.2 Å². The smallest absolute Gasteiger partial charge is 0.274 e. The topological polar surface area (TPSA) is 114 Å². The van der Waals surface area contributed by atoms with E-state index < -0.39 is 0 Å². The lowest BCUT2D eigenvalue weighted by molar-refractivity contribution is 0.102. The molecule has 0 aliphatic heterocycles. The number of nitrogens with one attached hydrogen (secondary N) is 2. The highest BCUT2D eigenvalue weighted by molar-refractivity contribution is 8.16. The standard InChI is InChI=1S/C18H21N5O2S/c1-11(8-12(2)26-18(19)20)16-9-13(6-7-21-16)23-17(24)15-5-4-14(25-3)10-22-15/h4-7,9-11H,2,8H2,1,3H3,(H3,19,20)(H,21,23,24). The van der Waals surface area contributed by atoms with E-state index in [0.717, 1.165) is 22.4 Å². The monoisotopic (exact) mass is 371 g/mol. The number of anilines is 1. The average molecular weight is 371 g/mol. The zero-order valence-corrected chi connectivity index (χ0v) is 15.5. The van der Waals surface area contributed by atoms with Crippen LogP contribution in [0.25, 0.3) is 0 Å². The molecule has 7 nitrogen and oxygen atoms in total. The molecule has 0 aliphatic carbocycles. The van der Waals surface area contributed by atoms with Crippen molar-refractivity contribution in [1.29, 1.82) is 5.41 Å². The average Bonchev–Trinajstić information content (AvgIpc) is 2.61. The SMILES string of the molecule is C=C(CC(C)c1cc(NC(=O)c2ccc(OC)cn2)ccn1)SC(=N)N. The van der Waals surface area contributed by atoms with Crippen LogP contribution >= 0.6 is 11.8 Å². The van der Waals surface area contributed by atoms with E-state index in [-0.39, 0.29) is 17.0 Å². The minimum absolute atomic E-state index is 0.0168. The zero-order chi connectivity index (χ0) is 19.1. The number of aromatic nitrogens is 2. The molecule has 0 fully saturated rings. The van der Waals surface area contributed by atoms with Gasteiger partial charge < -0.3 is 15.8 Å². The molecule has 2 aromatic heterocycles. The van der Waals surface area contributed by atoms with Crippen molar-refractivity contribution in [2.75, 3.05) is 12.4 Å². The summed E-state index contributed by atoms with van der Waals surface area (Å²) in [6.45, 7) is 5.92. The van der Waals surface area contributed by atoms with Crippen molar-refractivity contribution in [3.05, 3.63) is 59.5 Å². The van der Waals surface area contributed by atoms with E-state index in [0.29, 0.717) is 23.6 Å². The Kier molecular flexibility index (Phi) is 6.74. The highest BCUT2D eigenvalue weighted by Crippen LogP contribution is 2.28. The number of pyridine rings is 2. The van der Waals surface area contributed by atoms with E-state index in [2.05, 4.69) is 21.9 Å². The van der Waals surface area contributed by atoms with Crippen LogP contribution in [0.15, 0.2) is 48.1 Å². The third-order valence-electron chi connectivity index (χ3n) is 3.54. The summed E-state index contributed by atoms with van der Waals surface area (Å²) in [4.78, 5) is 21.5. The second-order valence-electron chi connectivity index (χ2n) is 5.62. The van der Waals surface area contributed by atoms with Crippen molar-refractivity contribution in [3.63, 3.8) is 0 Å². The minimum Gasteiger partial charge on any atom is -0.495 e. The number of carbonyl (C=O) groups is 1. The van der Waals surface area contributed by atoms with E-state index in [1.807, 2.05) is 13.0 Å². The molecule has 1 atom stereocenters. The summed E-state index contributed by atoms with van der Waals surface area (Å²) >= 11 is 1.14. The fourth-order valence-electron chi connectivity index (χ4n) is 2.27. The summed E-state index contributed by atoms with van der Waals surface area (Å²) in [5, 5.41) is 10.1. The van der Waals surface area contributed by atoms with Gasteiger partial charge in [-0.2, -0.15) is 0 Å². The molecule has 2 rings (SSSR count). The van der Waals surface area contributed by atoms with Crippen molar-refractivity contribution in [2.24, 2.45) is 5.73 Å². The van der Waals surface area contributed by atoms with Crippen LogP contribution in [0.3, 0.4) is 0 Å². The molecule has 0 radical (unpaired) electrons. The number of thioether (sulfide) groups is 1. The first-order chi connectivity index (χ1) is 12.4. The quantitative estimate of drug-likeness (QED) is 0.508. The predicted octanol–water partition coefficient (Wildman–Crippen LogP) is 3.37. The molecule has 0 bridgehead atoms. The second-order valence-corrected chi connectivity index (χ2v) is 6.84. The minimum atomic E-state index is -0.311. The Labute approximate surface area is 156 Å². The van der Waals surface area contributed by atoms with Crippen LogP contribution in [0.2, 0.25) is 0 Å². The van der Waals surface area contributed by atoms with Gasteiger partial charge in [-0.25, -0.2) is 4.98 Å². The van der Waals surface area contributed by atoms with Crippen LogP contribution < -0.4 is 15.8 Å². The first-order valence-electron chi connectivity index (χ1n) is 7.86. The van der Waals surface area contributed by atoms with Gasteiger partial charge in [-0.05, 0) is 35.6 Å². The number of carbonyl (C=O) groups excluding carboxylic acids is 1. The van der Waals surface area contributed by atoms with E-state index in [9.17, 15) is 4.79 Å². The number of hydrogen-bond donors (Lipinski definition) is 3. The third kappa shape index (κ3) is 5.59. The normalized spacial score (nSPS) is 11.5. The van der Waals surface area contributed by atoms with E-state index in [4.69, 9.17) is 15.9 Å². The molecule has 1 unspecified atom stereocenters. The molecule has 2 aromatic rings. The lowest BCUT2D eigenvalue weighted by atomic mass is 10.0. The fraction of sp³-hybridized carbons (Fsp3) is 0.222. The number of amidine groups is 1. The van der Waals surface area contributed by atoms with Crippen molar-refractivity contribution in [2.45, 2.75) is 19.3 Å². The first-order valence-corrected chi connectivity index (χ1v) is 8.67.